The Morgan fingerprint density at radius 1 is 1.07 bits per heavy atom. The quantitative estimate of drug-likeness (QED) is 0.898. The van der Waals surface area contributed by atoms with Gasteiger partial charge in [-0.05, 0) is 43.7 Å². The van der Waals surface area contributed by atoms with E-state index in [1.165, 1.54) is 0 Å². The molecule has 1 aromatic heterocycles. The molecule has 1 saturated heterocycles. The van der Waals surface area contributed by atoms with Crippen molar-refractivity contribution in [1.82, 2.24) is 14.8 Å². The summed E-state index contributed by atoms with van der Waals surface area (Å²) in [6.07, 6.45) is 1.30. The topological polar surface area (TPSA) is 74.8 Å². The Bertz CT molecular complexity index is 816. The Kier molecular flexibility index (Phi) is 5.90. The van der Waals surface area contributed by atoms with Crippen molar-refractivity contribution in [1.29, 1.82) is 0 Å². The number of aryl methyl sites for hydroxylation is 1. The Morgan fingerprint density at radius 3 is 2.48 bits per heavy atom. The molecule has 0 unspecified atom stereocenters. The number of ether oxygens (including phenoxy) is 1. The van der Waals surface area contributed by atoms with Crippen molar-refractivity contribution in [3.8, 4) is 0 Å². The number of benzene rings is 1. The van der Waals surface area contributed by atoms with Crippen LogP contribution in [0.3, 0.4) is 0 Å². The zero-order valence-electron chi connectivity index (χ0n) is 15.6. The lowest BCUT2D eigenvalue weighted by atomic mass is 10.2. The summed E-state index contributed by atoms with van der Waals surface area (Å²) in [5.41, 5.74) is 3.31. The van der Waals surface area contributed by atoms with E-state index < -0.39 is 0 Å². The van der Waals surface area contributed by atoms with Crippen LogP contribution in [0.15, 0.2) is 42.6 Å². The first-order valence-corrected chi connectivity index (χ1v) is 9.07. The molecule has 0 bridgehead atoms. The average molecular weight is 368 g/mol. The standard InChI is InChI=1S/C20H24N4O3/c1-3-27-20(26)24-11-9-23(10-12-24)19(25)18-14-17(7-8-21-18)22-16-6-4-5-15(2)13-16/h4-8,13-14H,3,9-12H2,1-2H3,(H,21,22). The summed E-state index contributed by atoms with van der Waals surface area (Å²) in [7, 11) is 0. The molecule has 0 radical (unpaired) electrons. The largest absolute Gasteiger partial charge is 0.450 e. The maximum Gasteiger partial charge on any atom is 0.409 e. The lowest BCUT2D eigenvalue weighted by Gasteiger charge is -2.33. The van der Waals surface area contributed by atoms with Crippen molar-refractivity contribution in [3.05, 3.63) is 53.9 Å². The number of anilines is 2. The molecule has 1 aliphatic heterocycles. The van der Waals surface area contributed by atoms with Gasteiger partial charge in [0.1, 0.15) is 5.69 Å². The van der Waals surface area contributed by atoms with Crippen molar-refractivity contribution < 1.29 is 14.3 Å². The van der Waals surface area contributed by atoms with Crippen LogP contribution in [0.25, 0.3) is 0 Å². The van der Waals surface area contributed by atoms with Gasteiger partial charge in [-0.15, -0.1) is 0 Å². The first kappa shape index (κ1) is 18.7. The van der Waals surface area contributed by atoms with Crippen LogP contribution in [-0.4, -0.2) is 59.6 Å². The molecular weight excluding hydrogens is 344 g/mol. The first-order chi connectivity index (χ1) is 13.1. The highest BCUT2D eigenvalue weighted by molar-refractivity contribution is 5.93. The lowest BCUT2D eigenvalue weighted by molar-refractivity contribution is 0.0566. The molecule has 142 valence electrons. The van der Waals surface area contributed by atoms with Crippen molar-refractivity contribution >= 4 is 23.4 Å². The number of amides is 2. The number of aromatic nitrogens is 1. The second kappa shape index (κ2) is 8.53. The van der Waals surface area contributed by atoms with E-state index in [0.29, 0.717) is 38.5 Å². The summed E-state index contributed by atoms with van der Waals surface area (Å²) in [5.74, 6) is -0.133. The number of nitrogens with one attached hydrogen (secondary N) is 1. The number of nitrogens with zero attached hydrogens (tertiary/aromatic N) is 3. The van der Waals surface area contributed by atoms with Crippen LogP contribution < -0.4 is 5.32 Å². The molecule has 0 atom stereocenters. The smallest absolute Gasteiger partial charge is 0.409 e. The van der Waals surface area contributed by atoms with Crippen LogP contribution in [0.2, 0.25) is 0 Å². The zero-order valence-corrected chi connectivity index (χ0v) is 15.6. The summed E-state index contributed by atoms with van der Waals surface area (Å²) in [6.45, 7) is 6.02. The zero-order chi connectivity index (χ0) is 19.2. The second-order valence-corrected chi connectivity index (χ2v) is 6.40. The molecule has 2 aromatic rings. The third-order valence-corrected chi connectivity index (χ3v) is 4.38. The van der Waals surface area contributed by atoms with Gasteiger partial charge in [0.25, 0.3) is 5.91 Å². The van der Waals surface area contributed by atoms with Gasteiger partial charge >= 0.3 is 6.09 Å². The van der Waals surface area contributed by atoms with E-state index in [9.17, 15) is 9.59 Å². The minimum atomic E-state index is -0.327. The van der Waals surface area contributed by atoms with Crippen LogP contribution in [0.4, 0.5) is 16.2 Å². The van der Waals surface area contributed by atoms with Crippen LogP contribution in [0, 0.1) is 6.92 Å². The molecule has 1 aliphatic rings. The molecule has 7 nitrogen and oxygen atoms in total. The molecule has 0 spiro atoms. The van der Waals surface area contributed by atoms with E-state index in [1.807, 2.05) is 37.3 Å². The Morgan fingerprint density at radius 2 is 1.78 bits per heavy atom. The summed E-state index contributed by atoms with van der Waals surface area (Å²) < 4.78 is 5.01. The molecule has 1 aromatic carbocycles. The fraction of sp³-hybridized carbons (Fsp3) is 0.350. The highest BCUT2D eigenvalue weighted by Gasteiger charge is 2.26. The summed E-state index contributed by atoms with van der Waals surface area (Å²) in [5, 5.41) is 3.30. The fourth-order valence-electron chi connectivity index (χ4n) is 2.98. The average Bonchev–Trinajstić information content (AvgIpc) is 2.68. The molecule has 3 rings (SSSR count). The normalized spacial score (nSPS) is 14.0. The molecule has 1 N–H and O–H groups in total. The van der Waals surface area contributed by atoms with Gasteiger partial charge in [-0.1, -0.05) is 12.1 Å². The summed E-state index contributed by atoms with van der Waals surface area (Å²) in [4.78, 5) is 32.1. The lowest BCUT2D eigenvalue weighted by Crippen LogP contribution is -2.50. The van der Waals surface area contributed by atoms with Crippen LogP contribution >= 0.6 is 0 Å². The molecule has 2 heterocycles. The van der Waals surface area contributed by atoms with E-state index in [1.54, 1.807) is 29.0 Å². The van der Waals surface area contributed by atoms with E-state index in [-0.39, 0.29) is 12.0 Å². The van der Waals surface area contributed by atoms with Crippen molar-refractivity contribution in [2.45, 2.75) is 13.8 Å². The molecule has 0 saturated carbocycles. The fourth-order valence-corrected chi connectivity index (χ4v) is 2.98. The molecule has 0 aliphatic carbocycles. The highest BCUT2D eigenvalue weighted by atomic mass is 16.6. The van der Waals surface area contributed by atoms with E-state index in [0.717, 1.165) is 16.9 Å². The Balaban J connectivity index is 1.63. The molecule has 1 fully saturated rings. The number of hydrogen-bond acceptors (Lipinski definition) is 5. The Hall–Kier alpha value is -3.09. The second-order valence-electron chi connectivity index (χ2n) is 6.40. The predicted octanol–water partition coefficient (Wildman–Crippen LogP) is 3.05. The van der Waals surface area contributed by atoms with Gasteiger partial charge in [0.2, 0.25) is 0 Å². The van der Waals surface area contributed by atoms with Gasteiger partial charge in [0, 0.05) is 43.8 Å². The minimum Gasteiger partial charge on any atom is -0.450 e. The highest BCUT2D eigenvalue weighted by Crippen LogP contribution is 2.18. The minimum absolute atomic E-state index is 0.133. The number of rotatable bonds is 4. The third-order valence-electron chi connectivity index (χ3n) is 4.38. The number of piperazine rings is 1. The molecule has 7 heteroatoms. The van der Waals surface area contributed by atoms with Gasteiger partial charge in [-0.3, -0.25) is 9.78 Å². The number of carbonyl (C=O) groups is 2. The van der Waals surface area contributed by atoms with Crippen molar-refractivity contribution in [2.24, 2.45) is 0 Å². The van der Waals surface area contributed by atoms with Gasteiger partial charge < -0.3 is 19.9 Å². The maximum atomic E-state index is 12.8. The SMILES string of the molecule is CCOC(=O)N1CCN(C(=O)c2cc(Nc3cccc(C)c3)ccn2)CC1. The molecule has 2 amide bonds. The summed E-state index contributed by atoms with van der Waals surface area (Å²) in [6, 6.07) is 11.6. The summed E-state index contributed by atoms with van der Waals surface area (Å²) >= 11 is 0. The van der Waals surface area contributed by atoms with Crippen LogP contribution in [0.1, 0.15) is 23.0 Å². The van der Waals surface area contributed by atoms with Crippen molar-refractivity contribution in [2.75, 3.05) is 38.1 Å². The number of hydrogen-bond donors (Lipinski definition) is 1. The monoisotopic (exact) mass is 368 g/mol. The van der Waals surface area contributed by atoms with Gasteiger partial charge in [0.15, 0.2) is 0 Å². The van der Waals surface area contributed by atoms with Gasteiger partial charge in [-0.2, -0.15) is 0 Å². The van der Waals surface area contributed by atoms with Gasteiger partial charge in [0.05, 0.1) is 6.61 Å². The van der Waals surface area contributed by atoms with Crippen LogP contribution in [0.5, 0.6) is 0 Å². The number of carbonyl (C=O) groups excluding carboxylic acids is 2. The molecule has 27 heavy (non-hydrogen) atoms. The van der Waals surface area contributed by atoms with Gasteiger partial charge in [-0.25, -0.2) is 4.79 Å². The third kappa shape index (κ3) is 4.75. The first-order valence-electron chi connectivity index (χ1n) is 9.07. The van der Waals surface area contributed by atoms with E-state index >= 15 is 0 Å². The van der Waals surface area contributed by atoms with Crippen molar-refractivity contribution in [3.63, 3.8) is 0 Å². The maximum absolute atomic E-state index is 12.8. The number of pyridine rings is 1. The van der Waals surface area contributed by atoms with Crippen LogP contribution in [-0.2, 0) is 4.74 Å². The Labute approximate surface area is 158 Å². The predicted molar refractivity (Wildman–Crippen MR) is 103 cm³/mol. The molecular formula is C20H24N4O3. The van der Waals surface area contributed by atoms with E-state index in [2.05, 4.69) is 10.3 Å². The van der Waals surface area contributed by atoms with E-state index in [4.69, 9.17) is 4.74 Å².